The first-order valence-electron chi connectivity index (χ1n) is 11.5. The minimum atomic E-state index is -0.734. The van der Waals surface area contributed by atoms with E-state index >= 15 is 0 Å². The van der Waals surface area contributed by atoms with Crippen molar-refractivity contribution < 1.29 is 14.3 Å². The van der Waals surface area contributed by atoms with E-state index in [-0.39, 0.29) is 25.0 Å². The molecule has 1 N–H and O–H groups in total. The van der Waals surface area contributed by atoms with Crippen LogP contribution in [0, 0.1) is 0 Å². The summed E-state index contributed by atoms with van der Waals surface area (Å²) < 4.78 is 5.99. The first-order valence-corrected chi connectivity index (χ1v) is 11.8. The Hall–Kier alpha value is -3.83. The molecule has 0 saturated heterocycles. The topological polar surface area (TPSA) is 58.6 Å². The van der Waals surface area contributed by atoms with Gasteiger partial charge in [0.15, 0.2) is 6.61 Å². The minimum absolute atomic E-state index is 0.183. The molecule has 2 amide bonds. The third kappa shape index (κ3) is 6.00. The van der Waals surface area contributed by atoms with Crippen molar-refractivity contribution in [3.63, 3.8) is 0 Å². The standard InChI is InChI=1S/C29H27ClN2O3/c1-31-29(34)26(18-21-10-3-2-4-11-21)32(19-23-13-6-8-16-25(23)30)28(33)20-35-27-17-9-14-22-12-5-7-15-24(22)27/h2-17,26H,18-20H2,1H3,(H,31,34). The molecule has 0 aliphatic carbocycles. The summed E-state index contributed by atoms with van der Waals surface area (Å²) in [6.45, 7) is -0.0247. The van der Waals surface area contributed by atoms with E-state index in [0.29, 0.717) is 17.2 Å². The van der Waals surface area contributed by atoms with Crippen LogP contribution in [0.1, 0.15) is 11.1 Å². The molecule has 0 saturated carbocycles. The fraction of sp³-hybridized carbons (Fsp3) is 0.172. The Bertz CT molecular complexity index is 1300. The number of rotatable bonds is 9. The second-order valence-electron chi connectivity index (χ2n) is 8.20. The predicted octanol–water partition coefficient (Wildman–Crippen LogP) is 5.26. The van der Waals surface area contributed by atoms with E-state index in [1.54, 1.807) is 18.0 Å². The zero-order valence-corrected chi connectivity index (χ0v) is 20.2. The minimum Gasteiger partial charge on any atom is -0.483 e. The lowest BCUT2D eigenvalue weighted by molar-refractivity contribution is -0.142. The highest BCUT2D eigenvalue weighted by atomic mass is 35.5. The molecule has 4 rings (SSSR count). The Morgan fingerprint density at radius 3 is 2.34 bits per heavy atom. The zero-order chi connectivity index (χ0) is 24.6. The number of amides is 2. The van der Waals surface area contributed by atoms with E-state index in [1.807, 2.05) is 91.0 Å². The van der Waals surface area contributed by atoms with Gasteiger partial charge in [-0.1, -0.05) is 96.5 Å². The lowest BCUT2D eigenvalue weighted by Crippen LogP contribution is -2.51. The van der Waals surface area contributed by atoms with Gasteiger partial charge in [0.25, 0.3) is 5.91 Å². The van der Waals surface area contributed by atoms with Crippen molar-refractivity contribution >= 4 is 34.2 Å². The summed E-state index contributed by atoms with van der Waals surface area (Å²) in [6, 6.07) is 29.8. The molecule has 4 aromatic carbocycles. The van der Waals surface area contributed by atoms with Gasteiger partial charge in [0, 0.05) is 30.4 Å². The maximum atomic E-state index is 13.6. The van der Waals surface area contributed by atoms with E-state index in [2.05, 4.69) is 5.32 Å². The molecule has 4 aromatic rings. The molecule has 35 heavy (non-hydrogen) atoms. The molecule has 5 nitrogen and oxygen atoms in total. The summed E-state index contributed by atoms with van der Waals surface area (Å²) in [4.78, 5) is 28.2. The molecule has 0 fully saturated rings. The fourth-order valence-corrected chi connectivity index (χ4v) is 4.27. The van der Waals surface area contributed by atoms with Crippen molar-refractivity contribution in [2.24, 2.45) is 0 Å². The second-order valence-corrected chi connectivity index (χ2v) is 8.61. The van der Waals surface area contributed by atoms with Gasteiger partial charge in [-0.2, -0.15) is 0 Å². The van der Waals surface area contributed by atoms with Gasteiger partial charge in [0.2, 0.25) is 5.91 Å². The molecule has 0 aliphatic rings. The zero-order valence-electron chi connectivity index (χ0n) is 19.5. The first kappa shape index (κ1) is 24.3. The van der Waals surface area contributed by atoms with Gasteiger partial charge in [0.05, 0.1) is 0 Å². The monoisotopic (exact) mass is 486 g/mol. The van der Waals surface area contributed by atoms with Crippen LogP contribution in [-0.4, -0.2) is 36.4 Å². The van der Waals surface area contributed by atoms with Crippen LogP contribution in [0.4, 0.5) is 0 Å². The third-order valence-corrected chi connectivity index (χ3v) is 6.29. The maximum absolute atomic E-state index is 13.6. The van der Waals surface area contributed by atoms with Gasteiger partial charge < -0.3 is 15.0 Å². The number of hydrogen-bond acceptors (Lipinski definition) is 3. The molecule has 0 aliphatic heterocycles. The van der Waals surface area contributed by atoms with Crippen LogP contribution in [0.3, 0.4) is 0 Å². The van der Waals surface area contributed by atoms with Gasteiger partial charge in [-0.05, 0) is 28.6 Å². The summed E-state index contributed by atoms with van der Waals surface area (Å²) in [5.74, 6) is 0.0653. The van der Waals surface area contributed by atoms with Gasteiger partial charge in [-0.3, -0.25) is 9.59 Å². The normalized spacial score (nSPS) is 11.6. The quantitative estimate of drug-likeness (QED) is 0.351. The van der Waals surface area contributed by atoms with E-state index < -0.39 is 6.04 Å². The average Bonchev–Trinajstić information content (AvgIpc) is 2.90. The Morgan fingerprint density at radius 1 is 0.886 bits per heavy atom. The van der Waals surface area contributed by atoms with Crippen LogP contribution < -0.4 is 10.1 Å². The number of benzene rings is 4. The van der Waals surface area contributed by atoms with Gasteiger partial charge in [-0.25, -0.2) is 0 Å². The van der Waals surface area contributed by atoms with Crippen molar-refractivity contribution in [3.05, 3.63) is 113 Å². The lowest BCUT2D eigenvalue weighted by Gasteiger charge is -2.31. The number of nitrogens with zero attached hydrogens (tertiary/aromatic N) is 1. The van der Waals surface area contributed by atoms with Crippen LogP contribution >= 0.6 is 11.6 Å². The molecular weight excluding hydrogens is 460 g/mol. The van der Waals surface area contributed by atoms with Crippen molar-refractivity contribution in [3.8, 4) is 5.75 Å². The number of hydrogen-bond donors (Lipinski definition) is 1. The van der Waals surface area contributed by atoms with Crippen molar-refractivity contribution in [1.29, 1.82) is 0 Å². The van der Waals surface area contributed by atoms with Crippen LogP contribution in [0.25, 0.3) is 10.8 Å². The molecule has 0 radical (unpaired) electrons. The van der Waals surface area contributed by atoms with Crippen molar-refractivity contribution in [2.45, 2.75) is 19.0 Å². The number of carbonyl (C=O) groups excluding carboxylic acids is 2. The molecule has 0 bridgehead atoms. The van der Waals surface area contributed by atoms with Gasteiger partial charge >= 0.3 is 0 Å². The number of nitrogens with one attached hydrogen (secondary N) is 1. The Labute approximate surface area is 210 Å². The SMILES string of the molecule is CNC(=O)C(Cc1ccccc1)N(Cc1ccccc1Cl)C(=O)COc1cccc2ccccc12. The summed E-state index contributed by atoms with van der Waals surface area (Å²) in [7, 11) is 1.57. The number of fused-ring (bicyclic) bond motifs is 1. The number of halogens is 1. The molecule has 0 aromatic heterocycles. The summed E-state index contributed by atoms with van der Waals surface area (Å²) >= 11 is 6.42. The Kier molecular flexibility index (Phi) is 8.01. The Balaban J connectivity index is 1.63. The third-order valence-electron chi connectivity index (χ3n) is 5.92. The van der Waals surface area contributed by atoms with Crippen LogP contribution in [0.15, 0.2) is 97.1 Å². The van der Waals surface area contributed by atoms with Gasteiger partial charge in [0.1, 0.15) is 11.8 Å². The number of ether oxygens (including phenoxy) is 1. The highest BCUT2D eigenvalue weighted by Gasteiger charge is 2.30. The maximum Gasteiger partial charge on any atom is 0.261 e. The highest BCUT2D eigenvalue weighted by Crippen LogP contribution is 2.26. The number of likely N-dealkylation sites (N-methyl/N-ethyl adjacent to an activating group) is 1. The Morgan fingerprint density at radius 2 is 1.57 bits per heavy atom. The summed E-state index contributed by atoms with van der Waals surface area (Å²) in [5, 5.41) is 5.20. The molecule has 6 heteroatoms. The molecule has 0 spiro atoms. The van der Waals surface area contributed by atoms with E-state index in [0.717, 1.165) is 21.9 Å². The largest absolute Gasteiger partial charge is 0.483 e. The van der Waals surface area contributed by atoms with E-state index in [4.69, 9.17) is 16.3 Å². The van der Waals surface area contributed by atoms with E-state index in [9.17, 15) is 9.59 Å². The van der Waals surface area contributed by atoms with Gasteiger partial charge in [-0.15, -0.1) is 0 Å². The van der Waals surface area contributed by atoms with Crippen molar-refractivity contribution in [1.82, 2.24) is 10.2 Å². The summed E-state index contributed by atoms with van der Waals surface area (Å²) in [6.07, 6.45) is 0.366. The lowest BCUT2D eigenvalue weighted by atomic mass is 10.0. The predicted molar refractivity (Wildman–Crippen MR) is 139 cm³/mol. The highest BCUT2D eigenvalue weighted by molar-refractivity contribution is 6.31. The van der Waals surface area contributed by atoms with E-state index in [1.165, 1.54) is 0 Å². The second kappa shape index (κ2) is 11.5. The molecular formula is C29H27ClN2O3. The fourth-order valence-electron chi connectivity index (χ4n) is 4.07. The van der Waals surface area contributed by atoms with Crippen LogP contribution in [0.5, 0.6) is 5.75 Å². The first-order chi connectivity index (χ1) is 17.1. The number of carbonyl (C=O) groups is 2. The molecule has 0 heterocycles. The molecule has 1 unspecified atom stereocenters. The van der Waals surface area contributed by atoms with Crippen LogP contribution in [0.2, 0.25) is 5.02 Å². The molecule has 178 valence electrons. The molecule has 1 atom stereocenters. The smallest absolute Gasteiger partial charge is 0.261 e. The van der Waals surface area contributed by atoms with Crippen molar-refractivity contribution in [2.75, 3.05) is 13.7 Å². The average molecular weight is 487 g/mol. The van der Waals surface area contributed by atoms with Crippen LogP contribution in [-0.2, 0) is 22.6 Å². The summed E-state index contributed by atoms with van der Waals surface area (Å²) in [5.41, 5.74) is 1.71.